The number of ether oxygens (including phenoxy) is 1. The molecule has 4 nitrogen and oxygen atoms in total. The molecule has 0 aliphatic carbocycles. The van der Waals surface area contributed by atoms with Gasteiger partial charge in [0.05, 0.1) is 12.3 Å². The van der Waals surface area contributed by atoms with Crippen LogP contribution in [-0.2, 0) is 4.74 Å². The van der Waals surface area contributed by atoms with Gasteiger partial charge in [-0.05, 0) is 0 Å². The van der Waals surface area contributed by atoms with Crippen LogP contribution in [-0.4, -0.2) is 28.3 Å². The first-order valence-electron chi connectivity index (χ1n) is 2.63. The van der Waals surface area contributed by atoms with Crippen LogP contribution in [0.5, 0.6) is 0 Å². The van der Waals surface area contributed by atoms with Crippen LogP contribution in [0.3, 0.4) is 0 Å². The van der Waals surface area contributed by atoms with Gasteiger partial charge in [0.15, 0.2) is 6.10 Å². The summed E-state index contributed by atoms with van der Waals surface area (Å²) in [6, 6.07) is 0. The lowest BCUT2D eigenvalue weighted by molar-refractivity contribution is 0.102. The van der Waals surface area contributed by atoms with Crippen molar-refractivity contribution in [1.29, 1.82) is 0 Å². The number of amides is 1. The highest BCUT2D eigenvalue weighted by Gasteiger charge is 2.33. The SMILES string of the molecule is C=C1C(CO)OC(=O)N1Cl. The Hall–Kier alpha value is -0.740. The first-order chi connectivity index (χ1) is 4.66. The van der Waals surface area contributed by atoms with Gasteiger partial charge < -0.3 is 9.84 Å². The van der Waals surface area contributed by atoms with Crippen molar-refractivity contribution in [3.63, 3.8) is 0 Å². The molecule has 1 aliphatic heterocycles. The van der Waals surface area contributed by atoms with Crippen LogP contribution in [0, 0.1) is 0 Å². The molecule has 0 saturated carbocycles. The van der Waals surface area contributed by atoms with Crippen molar-refractivity contribution in [2.24, 2.45) is 0 Å². The van der Waals surface area contributed by atoms with Crippen LogP contribution in [0.2, 0.25) is 0 Å². The van der Waals surface area contributed by atoms with E-state index >= 15 is 0 Å². The molecule has 0 bridgehead atoms. The molecule has 56 valence electrons. The number of carbonyl (C=O) groups excluding carboxylic acids is 1. The van der Waals surface area contributed by atoms with Gasteiger partial charge in [0.25, 0.3) is 0 Å². The summed E-state index contributed by atoms with van der Waals surface area (Å²) in [6.45, 7) is 3.14. The van der Waals surface area contributed by atoms with Crippen molar-refractivity contribution in [3.05, 3.63) is 12.3 Å². The van der Waals surface area contributed by atoms with Crippen molar-refractivity contribution in [1.82, 2.24) is 4.42 Å². The monoisotopic (exact) mass is 163 g/mol. The van der Waals surface area contributed by atoms with E-state index in [0.29, 0.717) is 0 Å². The fourth-order valence-electron chi connectivity index (χ4n) is 0.622. The summed E-state index contributed by atoms with van der Waals surface area (Å²) >= 11 is 5.33. The maximum Gasteiger partial charge on any atom is 0.429 e. The second kappa shape index (κ2) is 2.48. The predicted octanol–water partition coefficient (Wildman–Crippen LogP) is 0.467. The lowest BCUT2D eigenvalue weighted by Gasteiger charge is -2.03. The molecular weight excluding hydrogens is 158 g/mol. The first-order valence-corrected chi connectivity index (χ1v) is 2.96. The number of hydrogen-bond acceptors (Lipinski definition) is 3. The molecule has 10 heavy (non-hydrogen) atoms. The Bertz CT molecular complexity index is 182. The predicted molar refractivity (Wildman–Crippen MR) is 34.2 cm³/mol. The van der Waals surface area contributed by atoms with Gasteiger partial charge >= 0.3 is 6.09 Å². The van der Waals surface area contributed by atoms with E-state index in [1.54, 1.807) is 0 Å². The average Bonchev–Trinajstić information content (AvgIpc) is 2.17. The highest BCUT2D eigenvalue weighted by Crippen LogP contribution is 2.22. The van der Waals surface area contributed by atoms with E-state index in [0.717, 1.165) is 4.42 Å². The van der Waals surface area contributed by atoms with Crippen LogP contribution < -0.4 is 0 Å². The Morgan fingerprint density at radius 1 is 1.90 bits per heavy atom. The van der Waals surface area contributed by atoms with Crippen LogP contribution >= 0.6 is 11.8 Å². The standard InChI is InChI=1S/C5H6ClNO3/c1-3-4(2-8)10-5(9)7(3)6/h4,8H,1-2H2. The van der Waals surface area contributed by atoms with E-state index in [-0.39, 0.29) is 12.3 Å². The second-order valence-corrected chi connectivity index (χ2v) is 2.17. The Balaban J connectivity index is 2.71. The van der Waals surface area contributed by atoms with Gasteiger partial charge in [0, 0.05) is 11.8 Å². The van der Waals surface area contributed by atoms with Crippen molar-refractivity contribution in [2.45, 2.75) is 6.10 Å². The van der Waals surface area contributed by atoms with E-state index in [4.69, 9.17) is 16.9 Å². The number of hydrogen-bond donors (Lipinski definition) is 1. The van der Waals surface area contributed by atoms with Gasteiger partial charge in [0.2, 0.25) is 0 Å². The smallest absolute Gasteiger partial charge is 0.429 e. The van der Waals surface area contributed by atoms with E-state index in [1.807, 2.05) is 0 Å². The zero-order valence-corrected chi connectivity index (χ0v) is 5.84. The van der Waals surface area contributed by atoms with Gasteiger partial charge in [-0.15, -0.1) is 0 Å². The molecule has 1 unspecified atom stereocenters. The van der Waals surface area contributed by atoms with Crippen LogP contribution in [0.25, 0.3) is 0 Å². The largest absolute Gasteiger partial charge is 0.436 e. The minimum absolute atomic E-state index is 0.272. The van der Waals surface area contributed by atoms with Gasteiger partial charge in [0.1, 0.15) is 0 Å². The summed E-state index contributed by atoms with van der Waals surface area (Å²) in [4.78, 5) is 10.6. The van der Waals surface area contributed by atoms with E-state index < -0.39 is 12.2 Å². The molecule has 1 N–H and O–H groups in total. The number of carbonyl (C=O) groups is 1. The van der Waals surface area contributed by atoms with Crippen molar-refractivity contribution in [3.8, 4) is 0 Å². The summed E-state index contributed by atoms with van der Waals surface area (Å²) in [6.07, 6.45) is -1.37. The molecule has 1 atom stereocenters. The van der Waals surface area contributed by atoms with Crippen molar-refractivity contribution >= 4 is 17.9 Å². The number of aliphatic hydroxyl groups is 1. The molecule has 5 heteroatoms. The van der Waals surface area contributed by atoms with E-state index in [2.05, 4.69) is 11.3 Å². The Labute approximate surface area is 62.7 Å². The molecule has 1 fully saturated rings. The number of nitrogens with zero attached hydrogens (tertiary/aromatic N) is 1. The van der Waals surface area contributed by atoms with Crippen LogP contribution in [0.4, 0.5) is 4.79 Å². The normalized spacial score (nSPS) is 25.4. The summed E-state index contributed by atoms with van der Waals surface area (Å²) in [5.41, 5.74) is 0.272. The Morgan fingerprint density at radius 3 is 2.70 bits per heavy atom. The number of halogens is 1. The fraction of sp³-hybridized carbons (Fsp3) is 0.400. The molecule has 1 saturated heterocycles. The zero-order valence-electron chi connectivity index (χ0n) is 5.08. The van der Waals surface area contributed by atoms with Gasteiger partial charge in [-0.2, -0.15) is 4.42 Å². The molecular formula is C5H6ClNO3. The fourth-order valence-corrected chi connectivity index (χ4v) is 0.771. The summed E-state index contributed by atoms with van der Waals surface area (Å²) in [5, 5.41) is 8.55. The van der Waals surface area contributed by atoms with E-state index in [9.17, 15) is 4.79 Å². The molecule has 1 amide bonds. The van der Waals surface area contributed by atoms with Gasteiger partial charge in [-0.3, -0.25) is 0 Å². The van der Waals surface area contributed by atoms with Crippen molar-refractivity contribution < 1.29 is 14.6 Å². The summed E-state index contributed by atoms with van der Waals surface area (Å²) < 4.78 is 5.29. The molecule has 0 spiro atoms. The van der Waals surface area contributed by atoms with Crippen LogP contribution in [0.15, 0.2) is 12.3 Å². The number of rotatable bonds is 1. The zero-order chi connectivity index (χ0) is 7.72. The third kappa shape index (κ3) is 0.955. The molecule has 1 heterocycles. The molecule has 0 radical (unpaired) electrons. The number of aliphatic hydroxyl groups excluding tert-OH is 1. The van der Waals surface area contributed by atoms with Gasteiger partial charge in [-0.25, -0.2) is 4.79 Å². The quantitative estimate of drug-likeness (QED) is 0.572. The lowest BCUT2D eigenvalue weighted by Crippen LogP contribution is -2.13. The Morgan fingerprint density at radius 2 is 2.50 bits per heavy atom. The molecule has 0 aromatic heterocycles. The molecule has 0 aromatic rings. The molecule has 1 aliphatic rings. The van der Waals surface area contributed by atoms with E-state index in [1.165, 1.54) is 0 Å². The Kier molecular flexibility index (Phi) is 1.82. The highest BCUT2D eigenvalue weighted by atomic mass is 35.5. The number of cyclic esters (lactones) is 1. The third-order valence-electron chi connectivity index (χ3n) is 1.19. The second-order valence-electron chi connectivity index (χ2n) is 1.83. The topological polar surface area (TPSA) is 49.8 Å². The third-order valence-corrected chi connectivity index (χ3v) is 1.55. The average molecular weight is 164 g/mol. The first kappa shape index (κ1) is 7.37. The highest BCUT2D eigenvalue weighted by molar-refractivity contribution is 6.22. The molecule has 1 rings (SSSR count). The van der Waals surface area contributed by atoms with Gasteiger partial charge in [-0.1, -0.05) is 6.58 Å². The maximum absolute atomic E-state index is 10.6. The van der Waals surface area contributed by atoms with Crippen molar-refractivity contribution in [2.75, 3.05) is 6.61 Å². The lowest BCUT2D eigenvalue weighted by atomic mass is 10.3. The van der Waals surface area contributed by atoms with Crippen LogP contribution in [0.1, 0.15) is 0 Å². The summed E-state index contributed by atoms with van der Waals surface area (Å²) in [5.74, 6) is 0. The molecule has 0 aromatic carbocycles. The minimum atomic E-state index is -0.689. The minimum Gasteiger partial charge on any atom is -0.436 e. The maximum atomic E-state index is 10.6. The summed E-state index contributed by atoms with van der Waals surface area (Å²) in [7, 11) is 0.